The number of likely N-dealkylation sites (tertiary alicyclic amines) is 1. The predicted molar refractivity (Wildman–Crippen MR) is 123 cm³/mol. The van der Waals surface area contributed by atoms with Gasteiger partial charge in [-0.1, -0.05) is 22.9 Å². The highest BCUT2D eigenvalue weighted by molar-refractivity contribution is 14.0. The van der Waals surface area contributed by atoms with Crippen molar-refractivity contribution in [3.63, 3.8) is 0 Å². The quantitative estimate of drug-likeness (QED) is 0.268. The maximum Gasteiger partial charge on any atom is 0.193 e. The van der Waals surface area contributed by atoms with Crippen molar-refractivity contribution in [1.29, 1.82) is 0 Å². The van der Waals surface area contributed by atoms with E-state index in [2.05, 4.69) is 47.6 Å². The first kappa shape index (κ1) is 22.0. The first-order valence-electron chi connectivity index (χ1n) is 8.99. The third-order valence-electron chi connectivity index (χ3n) is 4.81. The number of benzene rings is 1. The summed E-state index contributed by atoms with van der Waals surface area (Å²) in [6, 6.07) is 8.30. The molecule has 1 aliphatic rings. The summed E-state index contributed by atoms with van der Waals surface area (Å²) in [4.78, 5) is 11.0. The van der Waals surface area contributed by atoms with Crippen molar-refractivity contribution in [2.75, 3.05) is 33.3 Å². The highest BCUT2D eigenvalue weighted by Gasteiger charge is 2.28. The van der Waals surface area contributed by atoms with Gasteiger partial charge in [0, 0.05) is 37.0 Å². The van der Waals surface area contributed by atoms with Crippen molar-refractivity contribution in [2.45, 2.75) is 19.4 Å². The van der Waals surface area contributed by atoms with Crippen molar-refractivity contribution in [3.05, 3.63) is 47.5 Å². The minimum atomic E-state index is 0. The van der Waals surface area contributed by atoms with Crippen molar-refractivity contribution >= 4 is 45.9 Å². The first-order chi connectivity index (χ1) is 12.7. The summed E-state index contributed by atoms with van der Waals surface area (Å²) in [5.41, 5.74) is 0. The Hall–Kier alpha value is -1.29. The summed E-state index contributed by atoms with van der Waals surface area (Å²) in [5, 5.41) is 3.42. The average molecular weight is 548 g/mol. The molecule has 1 saturated heterocycles. The van der Waals surface area contributed by atoms with Crippen molar-refractivity contribution in [2.24, 2.45) is 10.9 Å². The van der Waals surface area contributed by atoms with Crippen LogP contribution in [0.25, 0.3) is 0 Å². The third-order valence-corrected chi connectivity index (χ3v) is 5.33. The molecule has 2 unspecified atom stereocenters. The van der Waals surface area contributed by atoms with Gasteiger partial charge in [0.05, 0.1) is 18.9 Å². The predicted octanol–water partition coefficient (Wildman–Crippen LogP) is 3.80. The topological polar surface area (TPSA) is 54.7 Å². The summed E-state index contributed by atoms with van der Waals surface area (Å²) in [6.45, 7) is 5.56. The van der Waals surface area contributed by atoms with Gasteiger partial charge in [-0.2, -0.15) is 0 Å². The molecule has 2 atom stereocenters. The number of ether oxygens (including phenoxy) is 1. The average Bonchev–Trinajstić information content (AvgIpc) is 3.18. The number of hydrogen-bond donors (Lipinski definition) is 1. The summed E-state index contributed by atoms with van der Waals surface area (Å²) < 4.78 is 9.03. The van der Waals surface area contributed by atoms with E-state index < -0.39 is 0 Å². The number of hydrogen-bond acceptors (Lipinski definition) is 3. The number of aromatic nitrogens is 2. The van der Waals surface area contributed by atoms with Crippen molar-refractivity contribution < 1.29 is 4.74 Å². The molecular weight excluding hydrogens is 521 g/mol. The Morgan fingerprint density at radius 3 is 2.81 bits per heavy atom. The van der Waals surface area contributed by atoms with E-state index in [1.807, 2.05) is 50.0 Å². The van der Waals surface area contributed by atoms with Gasteiger partial charge in [0.15, 0.2) is 5.96 Å². The molecule has 2 heterocycles. The number of guanidine groups is 1. The highest BCUT2D eigenvalue weighted by Crippen LogP contribution is 2.27. The van der Waals surface area contributed by atoms with E-state index in [-0.39, 0.29) is 24.0 Å². The molecule has 3 rings (SSSR count). The summed E-state index contributed by atoms with van der Waals surface area (Å²) in [6.07, 6.45) is 6.94. The zero-order valence-corrected chi connectivity index (χ0v) is 19.6. The zero-order valence-electron chi connectivity index (χ0n) is 15.7. The lowest BCUT2D eigenvalue weighted by molar-refractivity contribution is 0.188. The standard InChI is InChI=1S/C19H26BrN5O.HI/c1-15-7-10-24(13-18(15)25-11-8-22-14-25)19(21-2)23-9-12-26-17-5-3-16(20)4-6-17;/h3-6,8,11,14-15,18H,7,9-10,12-13H2,1-2H3,(H,21,23);1H. The molecule has 6 nitrogen and oxygen atoms in total. The van der Waals surface area contributed by atoms with Crippen molar-refractivity contribution in [3.8, 4) is 5.75 Å². The summed E-state index contributed by atoms with van der Waals surface area (Å²) >= 11 is 3.43. The monoisotopic (exact) mass is 547 g/mol. The van der Waals surface area contributed by atoms with E-state index in [4.69, 9.17) is 4.74 Å². The maximum absolute atomic E-state index is 5.77. The van der Waals surface area contributed by atoms with Gasteiger partial charge in [-0.05, 0) is 36.6 Å². The smallest absolute Gasteiger partial charge is 0.193 e. The molecule has 27 heavy (non-hydrogen) atoms. The van der Waals surface area contributed by atoms with Crippen LogP contribution in [0, 0.1) is 5.92 Å². The molecule has 0 bridgehead atoms. The summed E-state index contributed by atoms with van der Waals surface area (Å²) in [5.74, 6) is 2.43. The number of aliphatic imine (C=N–C) groups is 1. The molecule has 1 aromatic heterocycles. The van der Waals surface area contributed by atoms with E-state index in [1.165, 1.54) is 0 Å². The molecular formula is C19H27BrIN5O. The van der Waals surface area contributed by atoms with E-state index in [1.54, 1.807) is 0 Å². The Kier molecular flexibility index (Phi) is 8.88. The van der Waals surface area contributed by atoms with E-state index in [0.717, 1.165) is 35.7 Å². The van der Waals surface area contributed by atoms with Crippen molar-refractivity contribution in [1.82, 2.24) is 19.8 Å². The molecule has 1 aliphatic heterocycles. The number of rotatable bonds is 5. The molecule has 1 N–H and O–H groups in total. The van der Waals surface area contributed by atoms with Gasteiger partial charge in [0.2, 0.25) is 0 Å². The lowest BCUT2D eigenvalue weighted by Crippen LogP contribution is -2.49. The van der Waals surface area contributed by atoms with Gasteiger partial charge < -0.3 is 19.5 Å². The first-order valence-corrected chi connectivity index (χ1v) is 9.78. The van der Waals surface area contributed by atoms with E-state index in [9.17, 15) is 0 Å². The Labute approximate surface area is 186 Å². The van der Waals surface area contributed by atoms with Crippen LogP contribution in [0.3, 0.4) is 0 Å². The van der Waals surface area contributed by atoms with Gasteiger partial charge in [-0.25, -0.2) is 4.98 Å². The molecule has 8 heteroatoms. The molecule has 0 radical (unpaired) electrons. The molecule has 0 amide bonds. The fourth-order valence-electron chi connectivity index (χ4n) is 3.29. The van der Waals surface area contributed by atoms with E-state index in [0.29, 0.717) is 25.1 Å². The minimum absolute atomic E-state index is 0. The fraction of sp³-hybridized carbons (Fsp3) is 0.474. The normalized spacial score (nSPS) is 20.1. The second-order valence-corrected chi connectivity index (χ2v) is 7.48. The molecule has 1 fully saturated rings. The van der Waals surface area contributed by atoms with Gasteiger partial charge >= 0.3 is 0 Å². The molecule has 2 aromatic rings. The van der Waals surface area contributed by atoms with E-state index >= 15 is 0 Å². The fourth-order valence-corrected chi connectivity index (χ4v) is 3.55. The Morgan fingerprint density at radius 1 is 1.37 bits per heavy atom. The van der Waals surface area contributed by atoms with Crippen LogP contribution in [-0.2, 0) is 0 Å². The number of halogens is 2. The molecule has 0 saturated carbocycles. The zero-order chi connectivity index (χ0) is 18.4. The van der Waals surface area contributed by atoms with Crippen LogP contribution in [0.15, 0.2) is 52.5 Å². The summed E-state index contributed by atoms with van der Waals surface area (Å²) in [7, 11) is 1.84. The third kappa shape index (κ3) is 6.10. The van der Waals surface area contributed by atoms with Gasteiger partial charge in [-0.3, -0.25) is 4.99 Å². The SMILES string of the molecule is CN=C(NCCOc1ccc(Br)cc1)N1CCC(C)C(n2ccnc2)C1.I. The van der Waals surface area contributed by atoms with Crippen LogP contribution in [-0.4, -0.2) is 53.7 Å². The Bertz CT molecular complexity index is 707. The second kappa shape index (κ2) is 10.9. The molecule has 0 aliphatic carbocycles. The molecule has 1 aromatic carbocycles. The number of imidazole rings is 1. The van der Waals surface area contributed by atoms with Crippen LogP contribution < -0.4 is 10.1 Å². The number of nitrogens with one attached hydrogen (secondary N) is 1. The molecule has 0 spiro atoms. The van der Waals surface area contributed by atoms with Crippen LogP contribution in [0.1, 0.15) is 19.4 Å². The largest absolute Gasteiger partial charge is 0.492 e. The van der Waals surface area contributed by atoms with Crippen LogP contribution >= 0.6 is 39.9 Å². The lowest BCUT2D eigenvalue weighted by Gasteiger charge is -2.39. The van der Waals surface area contributed by atoms with Crippen LogP contribution in [0.4, 0.5) is 0 Å². The minimum Gasteiger partial charge on any atom is -0.492 e. The Morgan fingerprint density at radius 2 is 2.15 bits per heavy atom. The van der Waals surface area contributed by atoms with Crippen LogP contribution in [0.5, 0.6) is 5.75 Å². The van der Waals surface area contributed by atoms with Gasteiger partial charge in [0.25, 0.3) is 0 Å². The van der Waals surface area contributed by atoms with Crippen LogP contribution in [0.2, 0.25) is 0 Å². The number of nitrogens with zero attached hydrogens (tertiary/aromatic N) is 4. The van der Waals surface area contributed by atoms with Gasteiger partial charge in [0.1, 0.15) is 12.4 Å². The number of piperidine rings is 1. The second-order valence-electron chi connectivity index (χ2n) is 6.57. The highest BCUT2D eigenvalue weighted by atomic mass is 127. The lowest BCUT2D eigenvalue weighted by atomic mass is 9.93. The maximum atomic E-state index is 5.77. The molecule has 148 valence electrons. The van der Waals surface area contributed by atoms with Gasteiger partial charge in [-0.15, -0.1) is 24.0 Å². The Balaban J connectivity index is 0.00000261.